The number of aromatic nitrogens is 3. The minimum atomic E-state index is -0.391. The first-order chi connectivity index (χ1) is 13.6. The highest BCUT2D eigenvalue weighted by Crippen LogP contribution is 2.30. The Hall–Kier alpha value is -2.90. The van der Waals surface area contributed by atoms with E-state index in [1.807, 2.05) is 36.4 Å². The van der Waals surface area contributed by atoms with Crippen LogP contribution in [0.5, 0.6) is 5.75 Å². The maximum absolute atomic E-state index is 14.1. The predicted molar refractivity (Wildman–Crippen MR) is 110 cm³/mol. The predicted octanol–water partition coefficient (Wildman–Crippen LogP) is 5.21. The number of H-pyrrole nitrogens is 1. The van der Waals surface area contributed by atoms with Gasteiger partial charge in [-0.05, 0) is 41.2 Å². The van der Waals surface area contributed by atoms with Crippen LogP contribution in [0.3, 0.4) is 0 Å². The molecule has 0 saturated heterocycles. The van der Waals surface area contributed by atoms with Gasteiger partial charge in [0.25, 0.3) is 0 Å². The maximum Gasteiger partial charge on any atom is 0.214 e. The van der Waals surface area contributed by atoms with Crippen molar-refractivity contribution in [2.24, 2.45) is 0 Å². The highest BCUT2D eigenvalue weighted by Gasteiger charge is 2.12. The van der Waals surface area contributed by atoms with Crippen molar-refractivity contribution in [3.63, 3.8) is 0 Å². The molecule has 5 nitrogen and oxygen atoms in total. The Balaban J connectivity index is 1.67. The molecule has 0 spiro atoms. The van der Waals surface area contributed by atoms with Crippen molar-refractivity contribution in [3.8, 4) is 5.75 Å². The Morgan fingerprint density at radius 1 is 1.11 bits per heavy atom. The quantitative estimate of drug-likeness (QED) is 0.425. The van der Waals surface area contributed by atoms with Crippen LogP contribution < -0.4 is 10.2 Å². The number of rotatable bonds is 6. The molecule has 0 amide bonds. The molecule has 0 aliphatic rings. The number of benzene rings is 3. The van der Waals surface area contributed by atoms with E-state index in [4.69, 9.17) is 28.6 Å². The summed E-state index contributed by atoms with van der Waals surface area (Å²) in [6.07, 6.45) is 1.56. The van der Waals surface area contributed by atoms with Crippen LogP contribution in [-0.4, -0.2) is 14.9 Å². The zero-order chi connectivity index (χ0) is 19.5. The molecule has 0 unspecified atom stereocenters. The number of nitrogens with zero attached hydrogens (tertiary/aromatic N) is 2. The fourth-order valence-electron chi connectivity index (χ4n) is 2.98. The Labute approximate surface area is 170 Å². The largest absolute Gasteiger partial charge is 0.488 e. The van der Waals surface area contributed by atoms with Crippen LogP contribution in [0.2, 0.25) is 5.02 Å². The van der Waals surface area contributed by atoms with E-state index in [2.05, 4.69) is 15.6 Å². The standard InChI is InChI=1S/C20H16ClFN4OS/c21-17-6-3-7-18(22)16(17)11-27-19-9-8-13-4-1-2-5-14(13)15(19)10-24-26-12-23-25-20(26)28/h1-9,12,24H,10-11H2,(H,25,28). The van der Waals surface area contributed by atoms with Gasteiger partial charge in [0.1, 0.15) is 24.5 Å². The third kappa shape index (κ3) is 3.72. The summed E-state index contributed by atoms with van der Waals surface area (Å²) < 4.78 is 22.1. The van der Waals surface area contributed by atoms with E-state index in [0.717, 1.165) is 16.3 Å². The van der Waals surface area contributed by atoms with Crippen molar-refractivity contribution >= 4 is 34.6 Å². The fraction of sp³-hybridized carbons (Fsp3) is 0.100. The lowest BCUT2D eigenvalue weighted by Crippen LogP contribution is -2.14. The van der Waals surface area contributed by atoms with E-state index in [0.29, 0.717) is 27.7 Å². The average molecular weight is 415 g/mol. The summed E-state index contributed by atoms with van der Waals surface area (Å²) in [4.78, 5) is 0. The average Bonchev–Trinajstić information content (AvgIpc) is 3.11. The molecule has 1 aromatic heterocycles. The van der Waals surface area contributed by atoms with Gasteiger partial charge < -0.3 is 10.2 Å². The molecule has 0 aliphatic heterocycles. The van der Waals surface area contributed by atoms with Gasteiger partial charge in [0, 0.05) is 11.1 Å². The maximum atomic E-state index is 14.1. The highest BCUT2D eigenvalue weighted by atomic mass is 35.5. The second-order valence-corrected chi connectivity index (χ2v) is 6.91. The van der Waals surface area contributed by atoms with Gasteiger partial charge in [-0.15, -0.1) is 0 Å². The minimum absolute atomic E-state index is 0.0297. The lowest BCUT2D eigenvalue weighted by atomic mass is 10.0. The molecular weight excluding hydrogens is 399 g/mol. The van der Waals surface area contributed by atoms with Gasteiger partial charge >= 0.3 is 0 Å². The number of fused-ring (bicyclic) bond motifs is 1. The summed E-state index contributed by atoms with van der Waals surface area (Å²) >= 11 is 11.3. The van der Waals surface area contributed by atoms with E-state index in [-0.39, 0.29) is 6.61 Å². The first kappa shape index (κ1) is 18.5. The molecule has 28 heavy (non-hydrogen) atoms. The summed E-state index contributed by atoms with van der Waals surface area (Å²) in [6.45, 7) is 0.470. The first-order valence-electron chi connectivity index (χ1n) is 8.55. The molecule has 142 valence electrons. The van der Waals surface area contributed by atoms with E-state index in [1.165, 1.54) is 6.07 Å². The van der Waals surface area contributed by atoms with Crippen molar-refractivity contribution in [1.82, 2.24) is 14.9 Å². The van der Waals surface area contributed by atoms with Crippen LogP contribution in [0.25, 0.3) is 10.8 Å². The van der Waals surface area contributed by atoms with Crippen molar-refractivity contribution in [1.29, 1.82) is 0 Å². The van der Waals surface area contributed by atoms with Crippen LogP contribution in [0.4, 0.5) is 4.39 Å². The fourth-order valence-corrected chi connectivity index (χ4v) is 3.36. The highest BCUT2D eigenvalue weighted by molar-refractivity contribution is 7.71. The van der Waals surface area contributed by atoms with Gasteiger partial charge in [-0.2, -0.15) is 5.10 Å². The van der Waals surface area contributed by atoms with Gasteiger partial charge in [0.05, 0.1) is 11.6 Å². The molecule has 0 radical (unpaired) electrons. The van der Waals surface area contributed by atoms with E-state index in [1.54, 1.807) is 23.1 Å². The van der Waals surface area contributed by atoms with Gasteiger partial charge in [-0.3, -0.25) is 5.10 Å². The third-order valence-corrected chi connectivity index (χ3v) is 5.05. The number of aromatic amines is 1. The molecule has 1 heterocycles. The van der Waals surface area contributed by atoms with Gasteiger partial charge in [-0.25, -0.2) is 9.07 Å². The van der Waals surface area contributed by atoms with E-state index >= 15 is 0 Å². The van der Waals surface area contributed by atoms with Crippen LogP contribution >= 0.6 is 23.8 Å². The first-order valence-corrected chi connectivity index (χ1v) is 9.34. The van der Waals surface area contributed by atoms with Crippen LogP contribution in [-0.2, 0) is 13.2 Å². The van der Waals surface area contributed by atoms with Crippen LogP contribution in [0, 0.1) is 10.6 Å². The molecule has 0 fully saturated rings. The van der Waals surface area contributed by atoms with E-state index < -0.39 is 5.82 Å². The molecule has 4 aromatic rings. The topological polar surface area (TPSA) is 54.9 Å². The lowest BCUT2D eigenvalue weighted by Gasteiger charge is -2.16. The minimum Gasteiger partial charge on any atom is -0.488 e. The van der Waals surface area contributed by atoms with Crippen molar-refractivity contribution in [2.75, 3.05) is 5.43 Å². The molecule has 8 heteroatoms. The number of ether oxygens (including phenoxy) is 1. The Bertz CT molecular complexity index is 1170. The van der Waals surface area contributed by atoms with Gasteiger partial charge in [0.15, 0.2) is 0 Å². The molecule has 2 N–H and O–H groups in total. The number of nitrogens with one attached hydrogen (secondary N) is 2. The summed E-state index contributed by atoms with van der Waals surface area (Å²) in [5.41, 5.74) is 4.45. The Morgan fingerprint density at radius 2 is 1.96 bits per heavy atom. The third-order valence-electron chi connectivity index (χ3n) is 4.41. The monoisotopic (exact) mass is 414 g/mol. The van der Waals surface area contributed by atoms with Crippen molar-refractivity contribution in [2.45, 2.75) is 13.2 Å². The molecule has 4 rings (SSSR count). The summed E-state index contributed by atoms with van der Waals surface area (Å²) in [5.74, 6) is 0.248. The summed E-state index contributed by atoms with van der Waals surface area (Å²) in [5, 5.41) is 9.03. The molecule has 0 bridgehead atoms. The lowest BCUT2D eigenvalue weighted by molar-refractivity contribution is 0.297. The zero-order valence-electron chi connectivity index (χ0n) is 14.7. The van der Waals surface area contributed by atoms with Crippen molar-refractivity contribution in [3.05, 3.63) is 87.7 Å². The molecule has 0 atom stereocenters. The smallest absolute Gasteiger partial charge is 0.214 e. The number of hydrogen-bond acceptors (Lipinski definition) is 4. The number of hydrogen-bond donors (Lipinski definition) is 2. The van der Waals surface area contributed by atoms with Gasteiger partial charge in [-0.1, -0.05) is 48.0 Å². The Kier molecular flexibility index (Phi) is 5.27. The molecule has 0 aliphatic carbocycles. The second kappa shape index (κ2) is 8.00. The van der Waals surface area contributed by atoms with Crippen molar-refractivity contribution < 1.29 is 9.13 Å². The van der Waals surface area contributed by atoms with Crippen LogP contribution in [0.15, 0.2) is 60.9 Å². The van der Waals surface area contributed by atoms with Gasteiger partial charge in [0.2, 0.25) is 4.77 Å². The van der Waals surface area contributed by atoms with E-state index in [9.17, 15) is 4.39 Å². The SMILES string of the molecule is Fc1cccc(Cl)c1COc1ccc2ccccc2c1CNn1cn[nH]c1=S. The number of halogens is 2. The summed E-state index contributed by atoms with van der Waals surface area (Å²) in [7, 11) is 0. The normalized spacial score (nSPS) is 10.9. The molecular formula is C20H16ClFN4OS. The van der Waals surface area contributed by atoms with Crippen LogP contribution in [0.1, 0.15) is 11.1 Å². The Morgan fingerprint density at radius 3 is 2.75 bits per heavy atom. The zero-order valence-corrected chi connectivity index (χ0v) is 16.2. The molecule has 0 saturated carbocycles. The second-order valence-electron chi connectivity index (χ2n) is 6.12. The summed E-state index contributed by atoms with van der Waals surface area (Å²) in [6, 6.07) is 16.4. The molecule has 3 aromatic carbocycles.